The standard InChI is InChI=1S/C17H14BrN3OS/c18-10-3-4-14-12(8-10)13-9-21(7-5-15(13)20-14)17(22)11-2-1-6-19-16(11)23/h1-4,6,8,20H,5,7,9H2,(H,19,23). The van der Waals surface area contributed by atoms with E-state index in [4.69, 9.17) is 12.2 Å². The number of carbonyl (C=O) groups is 1. The number of benzene rings is 1. The maximum Gasteiger partial charge on any atom is 0.257 e. The number of H-pyrrole nitrogens is 2. The Morgan fingerprint density at radius 1 is 1.30 bits per heavy atom. The molecule has 0 aliphatic carbocycles. The van der Waals surface area contributed by atoms with Crippen LogP contribution in [0.25, 0.3) is 10.9 Å². The summed E-state index contributed by atoms with van der Waals surface area (Å²) in [5, 5.41) is 1.17. The van der Waals surface area contributed by atoms with E-state index in [0.717, 1.165) is 16.4 Å². The molecule has 1 aliphatic heterocycles. The smallest absolute Gasteiger partial charge is 0.257 e. The highest BCUT2D eigenvalue weighted by Crippen LogP contribution is 2.30. The maximum atomic E-state index is 12.8. The van der Waals surface area contributed by atoms with Crippen LogP contribution >= 0.6 is 28.1 Å². The van der Waals surface area contributed by atoms with Gasteiger partial charge in [0.25, 0.3) is 5.91 Å². The second kappa shape index (κ2) is 5.62. The number of hydrogen-bond acceptors (Lipinski definition) is 2. The van der Waals surface area contributed by atoms with E-state index in [9.17, 15) is 4.79 Å². The number of hydrogen-bond donors (Lipinski definition) is 2. The van der Waals surface area contributed by atoms with Crippen LogP contribution in [0.4, 0.5) is 0 Å². The molecule has 4 rings (SSSR count). The van der Waals surface area contributed by atoms with Crippen LogP contribution < -0.4 is 0 Å². The number of amides is 1. The van der Waals surface area contributed by atoms with Gasteiger partial charge >= 0.3 is 0 Å². The SMILES string of the molecule is O=C(c1ccc[nH]c1=S)N1CCc2[nH]c3ccc(Br)cc3c2C1. The van der Waals surface area contributed by atoms with Crippen LogP contribution in [0, 0.1) is 4.64 Å². The van der Waals surface area contributed by atoms with Gasteiger partial charge in [-0.2, -0.15) is 0 Å². The van der Waals surface area contributed by atoms with Crippen LogP contribution in [0.2, 0.25) is 0 Å². The number of nitrogens with one attached hydrogen (secondary N) is 2. The summed E-state index contributed by atoms with van der Waals surface area (Å²) in [5.74, 6) is -0.0122. The molecule has 0 saturated heterocycles. The summed E-state index contributed by atoms with van der Waals surface area (Å²) in [6.45, 7) is 1.30. The van der Waals surface area contributed by atoms with Gasteiger partial charge in [-0.15, -0.1) is 0 Å². The van der Waals surface area contributed by atoms with Crippen molar-refractivity contribution in [3.8, 4) is 0 Å². The third-order valence-corrected chi connectivity index (χ3v) is 5.10. The van der Waals surface area contributed by atoms with E-state index < -0.39 is 0 Å². The summed E-state index contributed by atoms with van der Waals surface area (Å²) in [6.07, 6.45) is 2.57. The minimum Gasteiger partial charge on any atom is -0.358 e. The van der Waals surface area contributed by atoms with Crippen molar-refractivity contribution in [1.82, 2.24) is 14.9 Å². The van der Waals surface area contributed by atoms with Gasteiger partial charge in [-0.3, -0.25) is 4.79 Å². The number of aromatic nitrogens is 2. The van der Waals surface area contributed by atoms with Gasteiger partial charge in [0.05, 0.1) is 5.56 Å². The Hall–Kier alpha value is -1.92. The van der Waals surface area contributed by atoms with E-state index in [-0.39, 0.29) is 5.91 Å². The lowest BCUT2D eigenvalue weighted by molar-refractivity contribution is 0.0734. The third-order valence-electron chi connectivity index (χ3n) is 4.27. The van der Waals surface area contributed by atoms with Gasteiger partial charge in [0.2, 0.25) is 0 Å². The van der Waals surface area contributed by atoms with Crippen molar-refractivity contribution >= 4 is 45.0 Å². The molecule has 23 heavy (non-hydrogen) atoms. The zero-order valence-electron chi connectivity index (χ0n) is 12.2. The molecule has 116 valence electrons. The van der Waals surface area contributed by atoms with E-state index in [0.29, 0.717) is 23.3 Å². The highest BCUT2D eigenvalue weighted by molar-refractivity contribution is 9.10. The van der Waals surface area contributed by atoms with Gasteiger partial charge in [-0.25, -0.2) is 0 Å². The maximum absolute atomic E-state index is 12.8. The van der Waals surface area contributed by atoms with Crippen LogP contribution in [0.3, 0.4) is 0 Å². The van der Waals surface area contributed by atoms with Crippen LogP contribution in [-0.4, -0.2) is 27.3 Å². The van der Waals surface area contributed by atoms with Crippen molar-refractivity contribution in [1.29, 1.82) is 0 Å². The Labute approximate surface area is 146 Å². The molecule has 1 aliphatic rings. The fourth-order valence-electron chi connectivity index (χ4n) is 3.12. The largest absolute Gasteiger partial charge is 0.358 e. The Morgan fingerprint density at radius 3 is 3.00 bits per heavy atom. The third kappa shape index (κ3) is 2.52. The molecule has 1 aromatic carbocycles. The van der Waals surface area contributed by atoms with Gasteiger partial charge in [-0.05, 0) is 30.3 Å². The number of pyridine rings is 1. The van der Waals surface area contributed by atoms with E-state index in [1.807, 2.05) is 11.0 Å². The zero-order chi connectivity index (χ0) is 16.0. The fraction of sp³-hybridized carbons (Fsp3) is 0.176. The topological polar surface area (TPSA) is 51.9 Å². The van der Waals surface area contributed by atoms with Gasteiger partial charge in [0, 0.05) is 52.3 Å². The molecule has 3 heterocycles. The Bertz CT molecular complexity index is 975. The summed E-state index contributed by atoms with van der Waals surface area (Å²) in [6, 6.07) is 9.78. The average molecular weight is 388 g/mol. The molecule has 0 spiro atoms. The highest BCUT2D eigenvalue weighted by Gasteiger charge is 2.25. The summed E-state index contributed by atoms with van der Waals surface area (Å²) in [5.41, 5.74) is 4.10. The van der Waals surface area contributed by atoms with Crippen molar-refractivity contribution in [2.75, 3.05) is 6.54 Å². The van der Waals surface area contributed by atoms with Crippen LogP contribution in [0.5, 0.6) is 0 Å². The molecule has 0 radical (unpaired) electrons. The molecular weight excluding hydrogens is 374 g/mol. The first-order chi connectivity index (χ1) is 11.1. The molecule has 6 heteroatoms. The average Bonchev–Trinajstić information content (AvgIpc) is 2.92. The predicted octanol–water partition coefficient (Wildman–Crippen LogP) is 4.19. The molecule has 0 bridgehead atoms. The number of halogens is 1. The minimum absolute atomic E-state index is 0.0122. The molecule has 4 nitrogen and oxygen atoms in total. The van der Waals surface area contributed by atoms with Gasteiger partial charge in [0.15, 0.2) is 0 Å². The first-order valence-electron chi connectivity index (χ1n) is 7.39. The number of aromatic amines is 2. The molecule has 0 fully saturated rings. The lowest BCUT2D eigenvalue weighted by atomic mass is 10.0. The summed E-state index contributed by atoms with van der Waals surface area (Å²) < 4.78 is 1.53. The first kappa shape index (κ1) is 14.7. The quantitative estimate of drug-likeness (QED) is 0.615. The lowest BCUT2D eigenvalue weighted by Gasteiger charge is -2.27. The van der Waals surface area contributed by atoms with E-state index in [1.54, 1.807) is 18.3 Å². The van der Waals surface area contributed by atoms with E-state index >= 15 is 0 Å². The van der Waals surface area contributed by atoms with Gasteiger partial charge in [0.1, 0.15) is 4.64 Å². The second-order valence-electron chi connectivity index (χ2n) is 5.66. The number of nitrogens with zero attached hydrogens (tertiary/aromatic N) is 1. The van der Waals surface area contributed by atoms with Gasteiger partial charge < -0.3 is 14.9 Å². The molecule has 0 atom stereocenters. The summed E-state index contributed by atoms with van der Waals surface area (Å²) in [4.78, 5) is 21.0. The lowest BCUT2D eigenvalue weighted by Crippen LogP contribution is -2.36. The second-order valence-corrected chi connectivity index (χ2v) is 6.99. The zero-order valence-corrected chi connectivity index (χ0v) is 14.6. The van der Waals surface area contributed by atoms with Crippen LogP contribution in [0.15, 0.2) is 41.0 Å². The van der Waals surface area contributed by atoms with E-state index in [2.05, 4.69) is 38.0 Å². The fourth-order valence-corrected chi connectivity index (χ4v) is 3.70. The molecule has 3 aromatic rings. The van der Waals surface area contributed by atoms with Crippen molar-refractivity contribution in [3.63, 3.8) is 0 Å². The molecule has 2 aromatic heterocycles. The summed E-state index contributed by atoms with van der Waals surface area (Å²) >= 11 is 8.76. The molecular formula is C17H14BrN3OS. The Balaban J connectivity index is 1.72. The van der Waals surface area contributed by atoms with Crippen molar-refractivity contribution in [3.05, 3.63) is 62.5 Å². The first-order valence-corrected chi connectivity index (χ1v) is 8.59. The number of fused-ring (bicyclic) bond motifs is 3. The molecule has 1 amide bonds. The normalized spacial score (nSPS) is 14.0. The Kier molecular flexibility index (Phi) is 3.58. The number of rotatable bonds is 1. The molecule has 0 saturated carbocycles. The monoisotopic (exact) mass is 387 g/mol. The summed E-state index contributed by atoms with van der Waals surface area (Å²) in [7, 11) is 0. The van der Waals surface area contributed by atoms with Crippen LogP contribution in [0.1, 0.15) is 21.6 Å². The molecule has 0 unspecified atom stereocenters. The predicted molar refractivity (Wildman–Crippen MR) is 96.1 cm³/mol. The number of carbonyl (C=O) groups excluding carboxylic acids is 1. The van der Waals surface area contributed by atoms with Gasteiger partial charge in [-0.1, -0.05) is 28.1 Å². The minimum atomic E-state index is -0.0122. The Morgan fingerprint density at radius 2 is 2.17 bits per heavy atom. The molecule has 2 N–H and O–H groups in total. The highest BCUT2D eigenvalue weighted by atomic mass is 79.9. The van der Waals surface area contributed by atoms with Crippen LogP contribution in [-0.2, 0) is 13.0 Å². The van der Waals surface area contributed by atoms with E-state index in [1.165, 1.54) is 16.6 Å². The van der Waals surface area contributed by atoms with Crippen molar-refractivity contribution < 1.29 is 4.79 Å². The van der Waals surface area contributed by atoms with Crippen molar-refractivity contribution in [2.24, 2.45) is 0 Å². The van der Waals surface area contributed by atoms with Crippen molar-refractivity contribution in [2.45, 2.75) is 13.0 Å².